The van der Waals surface area contributed by atoms with Gasteiger partial charge in [0.1, 0.15) is 0 Å². The molecule has 6 nitrogen and oxygen atoms in total. The lowest BCUT2D eigenvalue weighted by Gasteiger charge is -2.30. The van der Waals surface area contributed by atoms with Crippen LogP contribution in [0, 0.1) is 0 Å². The van der Waals surface area contributed by atoms with Crippen molar-refractivity contribution in [2.24, 2.45) is 4.99 Å². The molecule has 7 heteroatoms. The Kier molecular flexibility index (Phi) is 9.57. The van der Waals surface area contributed by atoms with Gasteiger partial charge in [-0.05, 0) is 5.19 Å². The maximum atomic E-state index is 10.4. The molecule has 1 aromatic rings. The molecule has 0 N–H and O–H groups in total. The molecule has 0 amide bonds. The Morgan fingerprint density at radius 2 is 1.59 bits per heavy atom. The van der Waals surface area contributed by atoms with Crippen LogP contribution in [0.25, 0.3) is 0 Å². The van der Waals surface area contributed by atoms with E-state index in [1.807, 2.05) is 30.3 Å². The number of hydrogen-bond donors (Lipinski definition) is 0. The summed E-state index contributed by atoms with van der Waals surface area (Å²) in [5.74, 6) is 0. The zero-order valence-corrected chi connectivity index (χ0v) is 14.1. The van der Waals surface area contributed by atoms with Gasteiger partial charge >= 0.3 is 8.56 Å². The van der Waals surface area contributed by atoms with E-state index >= 15 is 0 Å². The van der Waals surface area contributed by atoms with Gasteiger partial charge in [-0.3, -0.25) is 0 Å². The molecule has 0 aliphatic heterocycles. The number of methoxy groups -OCH3 is 2. The van der Waals surface area contributed by atoms with Crippen LogP contribution in [0.1, 0.15) is 0 Å². The number of isocyanates is 1. The predicted octanol–water partition coefficient (Wildman–Crippen LogP) is 0.998. The monoisotopic (exact) mass is 325 g/mol. The van der Waals surface area contributed by atoms with E-state index in [0.717, 1.165) is 5.19 Å². The van der Waals surface area contributed by atoms with Crippen LogP contribution in [-0.2, 0) is 23.1 Å². The lowest BCUT2D eigenvalue weighted by atomic mass is 10.4. The molecule has 0 aliphatic rings. The Bertz CT molecular complexity index is 441. The fourth-order valence-corrected chi connectivity index (χ4v) is 4.94. The van der Waals surface area contributed by atoms with Crippen molar-refractivity contribution in [2.75, 3.05) is 47.2 Å². The zero-order valence-electron chi connectivity index (χ0n) is 13.1. The normalized spacial score (nSPS) is 11.2. The SMILES string of the molecule is COCCO[Si](CCN=C=O)(OCCOC)c1ccccc1. The predicted molar refractivity (Wildman–Crippen MR) is 85.3 cm³/mol. The van der Waals surface area contributed by atoms with Crippen LogP contribution in [0.15, 0.2) is 35.3 Å². The quantitative estimate of drug-likeness (QED) is 0.248. The number of rotatable bonds is 12. The first-order valence-electron chi connectivity index (χ1n) is 7.14. The van der Waals surface area contributed by atoms with Gasteiger partial charge in [0.25, 0.3) is 0 Å². The Morgan fingerprint density at radius 3 is 2.09 bits per heavy atom. The highest BCUT2D eigenvalue weighted by Gasteiger charge is 2.39. The molecular weight excluding hydrogens is 302 g/mol. The summed E-state index contributed by atoms with van der Waals surface area (Å²) >= 11 is 0. The summed E-state index contributed by atoms with van der Waals surface area (Å²) in [5, 5.41) is 1.00. The van der Waals surface area contributed by atoms with Crippen molar-refractivity contribution >= 4 is 19.8 Å². The van der Waals surface area contributed by atoms with Gasteiger partial charge in [0, 0.05) is 20.3 Å². The van der Waals surface area contributed by atoms with Crippen LogP contribution in [-0.4, -0.2) is 61.8 Å². The van der Waals surface area contributed by atoms with Crippen LogP contribution in [0.2, 0.25) is 6.04 Å². The summed E-state index contributed by atoms with van der Waals surface area (Å²) in [6.45, 7) is 2.13. The van der Waals surface area contributed by atoms with E-state index in [4.69, 9.17) is 18.3 Å². The highest BCUT2D eigenvalue weighted by molar-refractivity contribution is 6.81. The summed E-state index contributed by atoms with van der Waals surface area (Å²) in [6.07, 6.45) is 1.56. The largest absolute Gasteiger partial charge is 0.388 e. The van der Waals surface area contributed by atoms with Gasteiger partial charge in [-0.2, -0.15) is 0 Å². The van der Waals surface area contributed by atoms with E-state index in [9.17, 15) is 4.79 Å². The van der Waals surface area contributed by atoms with Crippen molar-refractivity contribution in [1.29, 1.82) is 0 Å². The molecule has 0 aliphatic carbocycles. The molecule has 0 saturated carbocycles. The summed E-state index contributed by atoms with van der Waals surface area (Å²) in [5.41, 5.74) is 0. The standard InChI is InChI=1S/C15H23NO5Si/c1-18-9-11-20-22(13-8-16-14-17,21-12-10-19-2)15-6-4-3-5-7-15/h3-7H,8-13H2,1-2H3. The van der Waals surface area contributed by atoms with Crippen molar-refractivity contribution in [2.45, 2.75) is 6.04 Å². The number of benzene rings is 1. The minimum atomic E-state index is -2.72. The smallest absolute Gasteiger partial charge is 0.374 e. The molecule has 0 aromatic heterocycles. The minimum absolute atomic E-state index is 0.324. The highest BCUT2D eigenvalue weighted by Crippen LogP contribution is 2.15. The van der Waals surface area contributed by atoms with E-state index in [1.54, 1.807) is 20.3 Å². The number of aliphatic imine (C=N–C) groups is 1. The lowest BCUT2D eigenvalue weighted by molar-refractivity contribution is 0.0918. The van der Waals surface area contributed by atoms with Crippen molar-refractivity contribution in [1.82, 2.24) is 0 Å². The van der Waals surface area contributed by atoms with E-state index in [1.165, 1.54) is 0 Å². The summed E-state index contributed by atoms with van der Waals surface area (Å²) in [6, 6.07) is 10.3. The van der Waals surface area contributed by atoms with Crippen LogP contribution in [0.4, 0.5) is 0 Å². The maximum Gasteiger partial charge on any atom is 0.374 e. The lowest BCUT2D eigenvalue weighted by Crippen LogP contribution is -2.55. The van der Waals surface area contributed by atoms with Crippen molar-refractivity contribution in [3.8, 4) is 0 Å². The first-order chi connectivity index (χ1) is 10.8. The number of ether oxygens (including phenoxy) is 2. The minimum Gasteiger partial charge on any atom is -0.388 e. The third-order valence-corrected chi connectivity index (χ3v) is 6.51. The molecule has 0 unspecified atom stereocenters. The second-order valence-corrected chi connectivity index (χ2v) is 7.68. The molecule has 22 heavy (non-hydrogen) atoms. The number of hydrogen-bond acceptors (Lipinski definition) is 6. The second-order valence-electron chi connectivity index (χ2n) is 4.52. The number of carbonyl (C=O) groups excluding carboxylic acids is 1. The average Bonchev–Trinajstić information content (AvgIpc) is 2.56. The molecule has 0 bridgehead atoms. The second kappa shape index (κ2) is 11.3. The first kappa shape index (κ1) is 18.7. The molecule has 0 radical (unpaired) electrons. The Labute approximate surface area is 132 Å². The van der Waals surface area contributed by atoms with Gasteiger partial charge in [0.15, 0.2) is 0 Å². The van der Waals surface area contributed by atoms with Crippen molar-refractivity contribution < 1.29 is 23.1 Å². The Balaban J connectivity index is 2.95. The third-order valence-electron chi connectivity index (χ3n) is 3.08. The molecule has 0 spiro atoms. The zero-order chi connectivity index (χ0) is 16.1. The maximum absolute atomic E-state index is 10.4. The summed E-state index contributed by atoms with van der Waals surface area (Å²) < 4.78 is 22.3. The van der Waals surface area contributed by atoms with Gasteiger partial charge in [-0.1, -0.05) is 30.3 Å². The molecule has 0 fully saturated rings. The van der Waals surface area contributed by atoms with Crippen LogP contribution >= 0.6 is 0 Å². The van der Waals surface area contributed by atoms with Gasteiger partial charge in [-0.15, -0.1) is 0 Å². The Hall–Kier alpha value is -1.34. The van der Waals surface area contributed by atoms with Gasteiger partial charge in [0.2, 0.25) is 6.08 Å². The first-order valence-corrected chi connectivity index (χ1v) is 9.16. The molecule has 0 heterocycles. The molecule has 1 aromatic carbocycles. The van der Waals surface area contributed by atoms with E-state index in [-0.39, 0.29) is 0 Å². The van der Waals surface area contributed by atoms with Gasteiger partial charge in [0.05, 0.1) is 33.0 Å². The highest BCUT2D eigenvalue weighted by atomic mass is 28.4. The average molecular weight is 325 g/mol. The summed E-state index contributed by atoms with van der Waals surface area (Å²) in [4.78, 5) is 14.0. The van der Waals surface area contributed by atoms with Crippen molar-refractivity contribution in [3.63, 3.8) is 0 Å². The van der Waals surface area contributed by atoms with Crippen molar-refractivity contribution in [3.05, 3.63) is 30.3 Å². The van der Waals surface area contributed by atoms with E-state index in [0.29, 0.717) is 39.0 Å². The molecular formula is C15H23NO5Si. The third kappa shape index (κ3) is 6.19. The molecule has 122 valence electrons. The molecule has 1 rings (SSSR count). The van der Waals surface area contributed by atoms with Crippen LogP contribution < -0.4 is 5.19 Å². The van der Waals surface area contributed by atoms with E-state index in [2.05, 4.69) is 4.99 Å². The fraction of sp³-hybridized carbons (Fsp3) is 0.533. The fourth-order valence-electron chi connectivity index (χ4n) is 2.02. The Morgan fingerprint density at radius 1 is 1.00 bits per heavy atom. The number of nitrogens with zero attached hydrogens (tertiary/aromatic N) is 1. The van der Waals surface area contributed by atoms with Gasteiger partial charge in [-0.25, -0.2) is 9.79 Å². The molecule has 0 saturated heterocycles. The topological polar surface area (TPSA) is 66.4 Å². The van der Waals surface area contributed by atoms with Crippen LogP contribution in [0.3, 0.4) is 0 Å². The van der Waals surface area contributed by atoms with E-state index < -0.39 is 8.56 Å². The summed E-state index contributed by atoms with van der Waals surface area (Å²) in [7, 11) is 0.529. The van der Waals surface area contributed by atoms with Crippen LogP contribution in [0.5, 0.6) is 0 Å². The van der Waals surface area contributed by atoms with Gasteiger partial charge < -0.3 is 18.3 Å². The molecule has 0 atom stereocenters.